The molecule has 2 amide bonds. The number of rotatable bonds is 6. The zero-order valence-corrected chi connectivity index (χ0v) is 15.5. The van der Waals surface area contributed by atoms with Gasteiger partial charge in [0.05, 0.1) is 16.0 Å². The van der Waals surface area contributed by atoms with Crippen LogP contribution in [0.4, 0.5) is 0 Å². The van der Waals surface area contributed by atoms with Crippen LogP contribution in [0.3, 0.4) is 0 Å². The van der Waals surface area contributed by atoms with Gasteiger partial charge in [-0.15, -0.1) is 12.4 Å². The minimum absolute atomic E-state index is 0. The number of hydrogen-bond acceptors (Lipinski definition) is 5. The second-order valence-corrected chi connectivity index (χ2v) is 7.54. The maximum Gasteiger partial charge on any atom is 0.261 e. The van der Waals surface area contributed by atoms with Crippen LogP contribution in [0.15, 0.2) is 23.1 Å². The summed E-state index contributed by atoms with van der Waals surface area (Å²) in [4.78, 5) is 24.7. The van der Waals surface area contributed by atoms with E-state index in [1.54, 1.807) is 0 Å². The number of carbonyl (C=O) groups is 2. The molecule has 0 fully saturated rings. The van der Waals surface area contributed by atoms with Crippen molar-refractivity contribution < 1.29 is 18.0 Å². The quantitative estimate of drug-likeness (QED) is 0.724. The normalized spacial score (nSPS) is 14.6. The van der Waals surface area contributed by atoms with Gasteiger partial charge in [0.15, 0.2) is 0 Å². The van der Waals surface area contributed by atoms with Gasteiger partial charge in [0.1, 0.15) is 0 Å². The predicted molar refractivity (Wildman–Crippen MR) is 92.8 cm³/mol. The number of halogens is 1. The lowest BCUT2D eigenvalue weighted by Gasteiger charge is -2.26. The van der Waals surface area contributed by atoms with E-state index in [0.717, 1.165) is 4.90 Å². The second kappa shape index (κ2) is 7.18. The van der Waals surface area contributed by atoms with Crippen LogP contribution in [0.25, 0.3) is 0 Å². The van der Waals surface area contributed by atoms with E-state index < -0.39 is 27.4 Å². The van der Waals surface area contributed by atoms with Crippen LogP contribution in [-0.4, -0.2) is 44.3 Å². The molecular formula is C15H22ClN3O4S. The van der Waals surface area contributed by atoms with Gasteiger partial charge >= 0.3 is 0 Å². The average molecular weight is 376 g/mol. The van der Waals surface area contributed by atoms with Crippen LogP contribution in [0, 0.1) is 0 Å². The number of nitrogens with two attached hydrogens (primary N) is 1. The number of nitrogens with zero attached hydrogens (tertiary/aromatic N) is 1. The summed E-state index contributed by atoms with van der Waals surface area (Å²) in [5.41, 5.74) is 5.80. The standard InChI is InChI=1S/C15H21N3O4S.ClH/c1-4-15(16,5-2)9-17-23(21,22)10-6-7-11-12(8-10)14(20)18(3)13(11)19;/h6-8,17H,4-5,9,16H2,1-3H3;1H. The number of hydrogen-bond donors (Lipinski definition) is 2. The molecule has 9 heteroatoms. The molecule has 0 saturated heterocycles. The first-order valence-corrected chi connectivity index (χ1v) is 8.88. The van der Waals surface area contributed by atoms with Gasteiger partial charge < -0.3 is 5.73 Å². The summed E-state index contributed by atoms with van der Waals surface area (Å²) >= 11 is 0. The smallest absolute Gasteiger partial charge is 0.261 e. The lowest BCUT2D eigenvalue weighted by atomic mass is 9.95. The van der Waals surface area contributed by atoms with Crippen LogP contribution in [0.1, 0.15) is 47.4 Å². The van der Waals surface area contributed by atoms with E-state index in [1.807, 2.05) is 13.8 Å². The van der Waals surface area contributed by atoms with Crippen molar-refractivity contribution in [3.05, 3.63) is 29.3 Å². The molecule has 0 bridgehead atoms. The third-order valence-electron chi connectivity index (χ3n) is 4.39. The molecule has 0 unspecified atom stereocenters. The molecule has 0 radical (unpaired) electrons. The van der Waals surface area contributed by atoms with Crippen molar-refractivity contribution in [1.29, 1.82) is 0 Å². The molecule has 24 heavy (non-hydrogen) atoms. The van der Waals surface area contributed by atoms with E-state index in [9.17, 15) is 18.0 Å². The number of nitrogens with one attached hydrogen (secondary N) is 1. The molecule has 1 aliphatic heterocycles. The summed E-state index contributed by atoms with van der Waals surface area (Å²) in [6.07, 6.45) is 1.27. The largest absolute Gasteiger partial charge is 0.324 e. The minimum Gasteiger partial charge on any atom is -0.324 e. The average Bonchev–Trinajstić information content (AvgIpc) is 2.77. The summed E-state index contributed by atoms with van der Waals surface area (Å²) in [7, 11) is -2.44. The van der Waals surface area contributed by atoms with Crippen LogP contribution >= 0.6 is 12.4 Å². The Morgan fingerprint density at radius 3 is 2.21 bits per heavy atom. The van der Waals surface area contributed by atoms with Crippen molar-refractivity contribution in [2.75, 3.05) is 13.6 Å². The summed E-state index contributed by atoms with van der Waals surface area (Å²) in [5.74, 6) is -0.933. The Balaban J connectivity index is 0.00000288. The highest BCUT2D eigenvalue weighted by Gasteiger charge is 2.34. The molecule has 0 aliphatic carbocycles. The van der Waals surface area contributed by atoms with Gasteiger partial charge in [0, 0.05) is 19.1 Å². The van der Waals surface area contributed by atoms with E-state index in [4.69, 9.17) is 5.73 Å². The third kappa shape index (κ3) is 3.61. The van der Waals surface area contributed by atoms with Crippen molar-refractivity contribution in [3.8, 4) is 0 Å². The van der Waals surface area contributed by atoms with E-state index in [1.165, 1.54) is 25.2 Å². The Morgan fingerprint density at radius 1 is 1.12 bits per heavy atom. The first kappa shape index (κ1) is 20.6. The lowest BCUT2D eigenvalue weighted by molar-refractivity contribution is 0.0693. The highest BCUT2D eigenvalue weighted by molar-refractivity contribution is 7.89. The van der Waals surface area contributed by atoms with E-state index >= 15 is 0 Å². The number of benzene rings is 1. The number of amides is 2. The van der Waals surface area contributed by atoms with Gasteiger partial charge in [0.25, 0.3) is 11.8 Å². The van der Waals surface area contributed by atoms with Crippen LogP contribution in [0.2, 0.25) is 0 Å². The van der Waals surface area contributed by atoms with Gasteiger partial charge in [-0.3, -0.25) is 14.5 Å². The Kier molecular flexibility index (Phi) is 6.15. The molecule has 1 aromatic rings. The second-order valence-electron chi connectivity index (χ2n) is 5.77. The van der Waals surface area contributed by atoms with Gasteiger partial charge in [-0.2, -0.15) is 0 Å². The Hall–Kier alpha value is -1.48. The molecule has 0 spiro atoms. The molecule has 2 rings (SSSR count). The van der Waals surface area contributed by atoms with Gasteiger partial charge in [-0.1, -0.05) is 13.8 Å². The molecule has 1 heterocycles. The Labute approximate surface area is 148 Å². The maximum absolute atomic E-state index is 12.4. The van der Waals surface area contributed by atoms with Crippen molar-refractivity contribution in [3.63, 3.8) is 0 Å². The lowest BCUT2D eigenvalue weighted by Crippen LogP contribution is -2.49. The topological polar surface area (TPSA) is 110 Å². The monoisotopic (exact) mass is 375 g/mol. The fourth-order valence-electron chi connectivity index (χ4n) is 2.33. The Morgan fingerprint density at radius 2 is 1.67 bits per heavy atom. The zero-order valence-electron chi connectivity index (χ0n) is 13.8. The molecule has 1 aliphatic rings. The number of carbonyl (C=O) groups excluding carboxylic acids is 2. The third-order valence-corrected chi connectivity index (χ3v) is 5.79. The fraction of sp³-hybridized carbons (Fsp3) is 0.467. The molecule has 1 aromatic carbocycles. The van der Waals surface area contributed by atoms with Gasteiger partial charge in [-0.25, -0.2) is 13.1 Å². The number of sulfonamides is 1. The zero-order chi connectivity index (χ0) is 17.4. The highest BCUT2D eigenvalue weighted by atomic mass is 35.5. The minimum atomic E-state index is -3.81. The number of fused-ring (bicyclic) bond motifs is 1. The van der Waals surface area contributed by atoms with Crippen molar-refractivity contribution >= 4 is 34.2 Å². The van der Waals surface area contributed by atoms with Crippen molar-refractivity contribution in [2.45, 2.75) is 37.1 Å². The van der Waals surface area contributed by atoms with Crippen molar-refractivity contribution in [1.82, 2.24) is 9.62 Å². The number of imide groups is 1. The Bertz CT molecular complexity index is 760. The summed E-state index contributed by atoms with van der Waals surface area (Å²) in [6.45, 7) is 3.90. The van der Waals surface area contributed by atoms with Crippen molar-refractivity contribution in [2.24, 2.45) is 5.73 Å². The molecule has 0 saturated carbocycles. The SMILES string of the molecule is CCC(N)(CC)CNS(=O)(=O)c1ccc2c(c1)C(=O)N(C)C2=O.Cl. The van der Waals surface area contributed by atoms with Crippen LogP contribution in [0.5, 0.6) is 0 Å². The molecule has 7 nitrogen and oxygen atoms in total. The molecular weight excluding hydrogens is 354 g/mol. The molecule has 0 atom stereocenters. The summed E-state index contributed by atoms with van der Waals surface area (Å²) < 4.78 is 27.3. The van der Waals surface area contributed by atoms with E-state index in [-0.39, 0.29) is 35.0 Å². The van der Waals surface area contributed by atoms with Crippen LogP contribution in [-0.2, 0) is 10.0 Å². The predicted octanol–water partition coefficient (Wildman–Crippen LogP) is 1.13. The molecule has 3 N–H and O–H groups in total. The highest BCUT2D eigenvalue weighted by Crippen LogP contribution is 2.24. The maximum atomic E-state index is 12.4. The van der Waals surface area contributed by atoms with E-state index in [2.05, 4.69) is 4.72 Å². The van der Waals surface area contributed by atoms with E-state index in [0.29, 0.717) is 12.8 Å². The van der Waals surface area contributed by atoms with Gasteiger partial charge in [0.2, 0.25) is 10.0 Å². The molecule has 134 valence electrons. The summed E-state index contributed by atoms with van der Waals surface area (Å²) in [6, 6.07) is 3.92. The van der Waals surface area contributed by atoms with Crippen LogP contribution < -0.4 is 10.5 Å². The first-order chi connectivity index (χ1) is 10.6. The molecule has 0 aromatic heterocycles. The first-order valence-electron chi connectivity index (χ1n) is 7.40. The van der Waals surface area contributed by atoms with Gasteiger partial charge in [-0.05, 0) is 31.0 Å². The fourth-order valence-corrected chi connectivity index (χ4v) is 3.49. The summed E-state index contributed by atoms with van der Waals surface area (Å²) in [5, 5.41) is 0.